The number of hydrogen-bond acceptors (Lipinski definition) is 2. The number of hydrogen-bond donors (Lipinski definition) is 1. The fourth-order valence-electron chi connectivity index (χ4n) is 1.33. The number of thioether (sulfide) groups is 1. The largest absolute Gasteiger partial charge is 0.328 e. The van der Waals surface area contributed by atoms with Gasteiger partial charge in [0.15, 0.2) is 0 Å². The molecule has 1 aromatic rings. The molecule has 4 heteroatoms. The van der Waals surface area contributed by atoms with E-state index in [1.165, 1.54) is 17.7 Å². The first-order valence-electron chi connectivity index (χ1n) is 5.43. The predicted octanol–water partition coefficient (Wildman–Crippen LogP) is 4.60. The van der Waals surface area contributed by atoms with Gasteiger partial charge in [-0.1, -0.05) is 29.6 Å². The second-order valence-corrected chi connectivity index (χ2v) is 5.88. The SMILES string of the molecule is CC(N)CCCCSc1ccc(Cl)c(Cl)c1. The van der Waals surface area contributed by atoms with Crippen LogP contribution < -0.4 is 5.73 Å². The standard InChI is InChI=1S/C12H17Cl2NS/c1-9(15)4-2-3-7-16-10-5-6-11(13)12(14)8-10/h5-6,8-9H,2-4,7,15H2,1H3. The van der Waals surface area contributed by atoms with Crippen molar-refractivity contribution in [2.45, 2.75) is 37.1 Å². The quantitative estimate of drug-likeness (QED) is 0.607. The van der Waals surface area contributed by atoms with E-state index in [4.69, 9.17) is 28.9 Å². The van der Waals surface area contributed by atoms with E-state index >= 15 is 0 Å². The molecule has 0 amide bonds. The maximum Gasteiger partial charge on any atom is 0.0603 e. The van der Waals surface area contributed by atoms with E-state index in [2.05, 4.69) is 0 Å². The molecule has 0 radical (unpaired) electrons. The maximum atomic E-state index is 5.93. The lowest BCUT2D eigenvalue weighted by Crippen LogP contribution is -2.13. The molecule has 0 aliphatic carbocycles. The smallest absolute Gasteiger partial charge is 0.0603 e. The summed E-state index contributed by atoms with van der Waals surface area (Å²) in [6.07, 6.45) is 3.47. The first kappa shape index (κ1) is 14.2. The van der Waals surface area contributed by atoms with E-state index in [0.717, 1.165) is 12.2 Å². The van der Waals surface area contributed by atoms with Crippen LogP contribution in [0.15, 0.2) is 23.1 Å². The molecular formula is C12H17Cl2NS. The van der Waals surface area contributed by atoms with Crippen LogP contribution in [0.4, 0.5) is 0 Å². The Kier molecular flexibility index (Phi) is 6.59. The summed E-state index contributed by atoms with van der Waals surface area (Å²) in [6, 6.07) is 6.08. The number of rotatable bonds is 6. The monoisotopic (exact) mass is 277 g/mol. The van der Waals surface area contributed by atoms with E-state index in [0.29, 0.717) is 16.1 Å². The minimum absolute atomic E-state index is 0.315. The van der Waals surface area contributed by atoms with Gasteiger partial charge in [-0.25, -0.2) is 0 Å². The number of benzene rings is 1. The molecule has 0 saturated carbocycles. The molecular weight excluding hydrogens is 261 g/mol. The molecule has 0 heterocycles. The summed E-state index contributed by atoms with van der Waals surface area (Å²) in [5.74, 6) is 1.10. The van der Waals surface area contributed by atoms with Gasteiger partial charge in [-0.3, -0.25) is 0 Å². The lowest BCUT2D eigenvalue weighted by atomic mass is 10.2. The third-order valence-corrected chi connectivity index (χ3v) is 4.03. The van der Waals surface area contributed by atoms with Gasteiger partial charge in [-0.15, -0.1) is 11.8 Å². The van der Waals surface area contributed by atoms with Gasteiger partial charge in [0.25, 0.3) is 0 Å². The van der Waals surface area contributed by atoms with Crippen LogP contribution in [0.25, 0.3) is 0 Å². The Morgan fingerprint density at radius 1 is 1.25 bits per heavy atom. The molecule has 0 fully saturated rings. The average molecular weight is 278 g/mol. The van der Waals surface area contributed by atoms with Crippen LogP contribution in [0, 0.1) is 0 Å². The molecule has 0 spiro atoms. The van der Waals surface area contributed by atoms with Gasteiger partial charge in [0.2, 0.25) is 0 Å². The molecule has 1 atom stereocenters. The van der Waals surface area contributed by atoms with Crippen molar-refractivity contribution in [3.05, 3.63) is 28.2 Å². The molecule has 1 nitrogen and oxygen atoms in total. The zero-order chi connectivity index (χ0) is 12.0. The van der Waals surface area contributed by atoms with Crippen molar-refractivity contribution in [2.24, 2.45) is 5.73 Å². The Labute approximate surface area is 112 Å². The lowest BCUT2D eigenvalue weighted by molar-refractivity contribution is 0.618. The van der Waals surface area contributed by atoms with Crippen LogP contribution >= 0.6 is 35.0 Å². The molecule has 0 bridgehead atoms. The molecule has 1 rings (SSSR count). The first-order chi connectivity index (χ1) is 7.59. The third kappa shape index (κ3) is 5.44. The summed E-state index contributed by atoms with van der Waals surface area (Å²) in [7, 11) is 0. The number of nitrogens with two attached hydrogens (primary N) is 1. The molecule has 90 valence electrons. The third-order valence-electron chi connectivity index (χ3n) is 2.21. The maximum absolute atomic E-state index is 5.93. The van der Waals surface area contributed by atoms with Gasteiger partial charge in [0.1, 0.15) is 0 Å². The number of unbranched alkanes of at least 4 members (excludes halogenated alkanes) is 1. The Morgan fingerprint density at radius 2 is 2.00 bits per heavy atom. The van der Waals surface area contributed by atoms with Crippen LogP contribution in [0.3, 0.4) is 0 Å². The Balaban J connectivity index is 2.24. The molecule has 1 unspecified atom stereocenters. The van der Waals surface area contributed by atoms with Gasteiger partial charge in [0.05, 0.1) is 10.0 Å². The molecule has 2 N–H and O–H groups in total. The average Bonchev–Trinajstić information content (AvgIpc) is 2.22. The zero-order valence-electron chi connectivity index (χ0n) is 9.38. The highest BCUT2D eigenvalue weighted by molar-refractivity contribution is 7.99. The predicted molar refractivity (Wildman–Crippen MR) is 74.7 cm³/mol. The number of halogens is 2. The van der Waals surface area contributed by atoms with Crippen molar-refractivity contribution < 1.29 is 0 Å². The topological polar surface area (TPSA) is 26.0 Å². The lowest BCUT2D eigenvalue weighted by Gasteiger charge is -2.05. The summed E-state index contributed by atoms with van der Waals surface area (Å²) in [5, 5.41) is 1.24. The van der Waals surface area contributed by atoms with Crippen LogP contribution in [0.2, 0.25) is 10.0 Å². The van der Waals surface area contributed by atoms with Gasteiger partial charge < -0.3 is 5.73 Å². The van der Waals surface area contributed by atoms with Crippen molar-refractivity contribution in [1.82, 2.24) is 0 Å². The van der Waals surface area contributed by atoms with E-state index < -0.39 is 0 Å². The highest BCUT2D eigenvalue weighted by Gasteiger charge is 2.00. The van der Waals surface area contributed by atoms with E-state index in [9.17, 15) is 0 Å². The molecule has 0 saturated heterocycles. The minimum Gasteiger partial charge on any atom is -0.328 e. The van der Waals surface area contributed by atoms with Crippen LogP contribution in [-0.4, -0.2) is 11.8 Å². The Hall–Kier alpha value is 0.110. The van der Waals surface area contributed by atoms with Gasteiger partial charge in [0, 0.05) is 10.9 Å². The van der Waals surface area contributed by atoms with Gasteiger partial charge >= 0.3 is 0 Å². The summed E-state index contributed by atoms with van der Waals surface area (Å²) >= 11 is 13.6. The Morgan fingerprint density at radius 3 is 2.62 bits per heavy atom. The molecule has 0 aliphatic rings. The second-order valence-electron chi connectivity index (χ2n) is 3.90. The Bertz CT molecular complexity index is 329. The highest BCUT2D eigenvalue weighted by atomic mass is 35.5. The second kappa shape index (κ2) is 7.44. The first-order valence-corrected chi connectivity index (χ1v) is 7.17. The van der Waals surface area contributed by atoms with E-state index in [1.807, 2.05) is 36.9 Å². The summed E-state index contributed by atoms with van der Waals surface area (Å²) < 4.78 is 0. The molecule has 16 heavy (non-hydrogen) atoms. The van der Waals surface area contributed by atoms with Crippen molar-refractivity contribution in [1.29, 1.82) is 0 Å². The highest BCUT2D eigenvalue weighted by Crippen LogP contribution is 2.28. The fraction of sp³-hybridized carbons (Fsp3) is 0.500. The van der Waals surface area contributed by atoms with Crippen LogP contribution in [0.1, 0.15) is 26.2 Å². The molecule has 0 aromatic heterocycles. The van der Waals surface area contributed by atoms with Gasteiger partial charge in [-0.05, 0) is 43.7 Å². The van der Waals surface area contributed by atoms with Crippen molar-refractivity contribution in [2.75, 3.05) is 5.75 Å². The summed E-state index contributed by atoms with van der Waals surface area (Å²) in [4.78, 5) is 1.18. The normalized spacial score (nSPS) is 12.8. The molecule has 1 aromatic carbocycles. The van der Waals surface area contributed by atoms with E-state index in [1.54, 1.807) is 0 Å². The van der Waals surface area contributed by atoms with Crippen LogP contribution in [0.5, 0.6) is 0 Å². The summed E-state index contributed by atoms with van der Waals surface area (Å²) in [6.45, 7) is 2.05. The molecule has 0 aliphatic heterocycles. The minimum atomic E-state index is 0.315. The van der Waals surface area contributed by atoms with E-state index in [-0.39, 0.29) is 0 Å². The van der Waals surface area contributed by atoms with Crippen molar-refractivity contribution in [3.63, 3.8) is 0 Å². The van der Waals surface area contributed by atoms with Crippen molar-refractivity contribution >= 4 is 35.0 Å². The van der Waals surface area contributed by atoms with Crippen molar-refractivity contribution in [3.8, 4) is 0 Å². The van der Waals surface area contributed by atoms with Crippen LogP contribution in [-0.2, 0) is 0 Å². The summed E-state index contributed by atoms with van der Waals surface area (Å²) in [5.41, 5.74) is 5.68. The fourth-order valence-corrected chi connectivity index (χ4v) is 2.64. The van der Waals surface area contributed by atoms with Gasteiger partial charge in [-0.2, -0.15) is 0 Å². The zero-order valence-corrected chi connectivity index (χ0v) is 11.7.